The number of non-ortho nitro benzene ring substituents is 1. The lowest BCUT2D eigenvalue weighted by Gasteiger charge is -2.14. The maximum Gasteiger partial charge on any atom is 0.269 e. The molecule has 0 aliphatic heterocycles. The van der Waals surface area contributed by atoms with Gasteiger partial charge >= 0.3 is 0 Å². The van der Waals surface area contributed by atoms with Gasteiger partial charge in [0.15, 0.2) is 5.96 Å². The number of rotatable bonds is 7. The number of hydrogen-bond acceptors (Lipinski definition) is 3. The number of guanidine groups is 1. The molecule has 0 saturated heterocycles. The summed E-state index contributed by atoms with van der Waals surface area (Å²) >= 11 is 0. The van der Waals surface area contributed by atoms with E-state index in [1.54, 1.807) is 19.2 Å². The first-order valence-electron chi connectivity index (χ1n) is 7.23. The molecule has 1 rings (SSSR count). The Balaban J connectivity index is 0.00000441. The topological polar surface area (TPSA) is 79.6 Å². The molecule has 0 aliphatic rings. The van der Waals surface area contributed by atoms with Gasteiger partial charge in [-0.25, -0.2) is 0 Å². The molecule has 7 heteroatoms. The van der Waals surface area contributed by atoms with Crippen molar-refractivity contribution in [1.29, 1.82) is 0 Å². The Labute approximate surface area is 149 Å². The largest absolute Gasteiger partial charge is 0.356 e. The van der Waals surface area contributed by atoms with Crippen LogP contribution < -0.4 is 10.6 Å². The minimum Gasteiger partial charge on any atom is -0.356 e. The third-order valence-corrected chi connectivity index (χ3v) is 2.98. The number of unbranched alkanes of at least 4 members (excludes halogenated alkanes) is 1. The zero-order chi connectivity index (χ0) is 15.7. The lowest BCUT2D eigenvalue weighted by Crippen LogP contribution is -2.41. The summed E-state index contributed by atoms with van der Waals surface area (Å²) in [6.07, 6.45) is 2.98. The SMILES string of the molecule is CN=C(NCCCCc1ccc([N+](=O)[O-])cc1)NC(C)C.I. The van der Waals surface area contributed by atoms with Gasteiger partial charge in [-0.3, -0.25) is 15.1 Å². The number of nitrogens with one attached hydrogen (secondary N) is 2. The predicted molar refractivity (Wildman–Crippen MR) is 101 cm³/mol. The van der Waals surface area contributed by atoms with E-state index in [9.17, 15) is 10.1 Å². The third kappa shape index (κ3) is 8.16. The van der Waals surface area contributed by atoms with Crippen LogP contribution in [0, 0.1) is 10.1 Å². The summed E-state index contributed by atoms with van der Waals surface area (Å²) in [5.74, 6) is 0.820. The molecule has 0 aliphatic carbocycles. The van der Waals surface area contributed by atoms with Crippen molar-refractivity contribution in [3.63, 3.8) is 0 Å². The van der Waals surface area contributed by atoms with Gasteiger partial charge in [0.1, 0.15) is 0 Å². The highest BCUT2D eigenvalue weighted by atomic mass is 127. The van der Waals surface area contributed by atoms with E-state index in [-0.39, 0.29) is 34.6 Å². The number of hydrogen-bond donors (Lipinski definition) is 2. The Morgan fingerprint density at radius 1 is 1.27 bits per heavy atom. The lowest BCUT2D eigenvalue weighted by atomic mass is 10.1. The summed E-state index contributed by atoms with van der Waals surface area (Å²) in [5, 5.41) is 17.1. The van der Waals surface area contributed by atoms with Crippen LogP contribution in [0.4, 0.5) is 5.69 Å². The van der Waals surface area contributed by atoms with Crippen LogP contribution in [0.2, 0.25) is 0 Å². The second-order valence-electron chi connectivity index (χ2n) is 5.18. The fourth-order valence-corrected chi connectivity index (χ4v) is 1.91. The highest BCUT2D eigenvalue weighted by molar-refractivity contribution is 14.0. The number of nitrogens with zero attached hydrogens (tertiary/aromatic N) is 2. The predicted octanol–water partition coefficient (Wildman–Crippen LogP) is 3.11. The van der Waals surface area contributed by atoms with Crippen molar-refractivity contribution in [2.24, 2.45) is 4.99 Å². The molecule has 1 aromatic carbocycles. The number of nitro benzene ring substituents is 1. The van der Waals surface area contributed by atoms with E-state index in [0.717, 1.165) is 37.3 Å². The zero-order valence-electron chi connectivity index (χ0n) is 13.3. The van der Waals surface area contributed by atoms with Gasteiger partial charge in [-0.05, 0) is 38.7 Å². The molecule has 6 nitrogen and oxygen atoms in total. The molecule has 0 saturated carbocycles. The molecule has 0 bridgehead atoms. The van der Waals surface area contributed by atoms with Gasteiger partial charge in [-0.15, -0.1) is 24.0 Å². The van der Waals surface area contributed by atoms with Gasteiger partial charge < -0.3 is 10.6 Å². The Morgan fingerprint density at radius 2 is 1.91 bits per heavy atom. The number of halogens is 1. The highest BCUT2D eigenvalue weighted by Gasteiger charge is 2.04. The molecule has 0 radical (unpaired) electrons. The summed E-state index contributed by atoms with van der Waals surface area (Å²) < 4.78 is 0. The molecular weight excluding hydrogens is 395 g/mol. The van der Waals surface area contributed by atoms with Crippen LogP contribution in [0.25, 0.3) is 0 Å². The van der Waals surface area contributed by atoms with Crippen molar-refractivity contribution in [3.05, 3.63) is 39.9 Å². The normalized spacial score (nSPS) is 11.0. The number of nitro groups is 1. The van der Waals surface area contributed by atoms with Crippen molar-refractivity contribution in [2.45, 2.75) is 39.2 Å². The third-order valence-electron chi connectivity index (χ3n) is 2.98. The minimum atomic E-state index is -0.374. The summed E-state index contributed by atoms with van der Waals surface area (Å²) in [6, 6.07) is 7.12. The number of aliphatic imine (C=N–C) groups is 1. The lowest BCUT2D eigenvalue weighted by molar-refractivity contribution is -0.384. The van der Waals surface area contributed by atoms with Crippen LogP contribution in [-0.2, 0) is 6.42 Å². The highest BCUT2D eigenvalue weighted by Crippen LogP contribution is 2.13. The van der Waals surface area contributed by atoms with Gasteiger partial charge in [0.25, 0.3) is 5.69 Å². The fourth-order valence-electron chi connectivity index (χ4n) is 1.91. The van der Waals surface area contributed by atoms with Crippen molar-refractivity contribution < 1.29 is 4.92 Å². The van der Waals surface area contributed by atoms with Crippen molar-refractivity contribution in [2.75, 3.05) is 13.6 Å². The van der Waals surface area contributed by atoms with E-state index in [1.807, 2.05) is 12.1 Å². The maximum atomic E-state index is 10.6. The van der Waals surface area contributed by atoms with Crippen LogP contribution >= 0.6 is 24.0 Å². The molecule has 0 atom stereocenters. The van der Waals surface area contributed by atoms with Crippen molar-refractivity contribution in [3.8, 4) is 0 Å². The van der Waals surface area contributed by atoms with Gasteiger partial charge in [0.05, 0.1) is 4.92 Å². The molecule has 22 heavy (non-hydrogen) atoms. The Bertz CT molecular complexity index is 475. The molecule has 2 N–H and O–H groups in total. The second-order valence-corrected chi connectivity index (χ2v) is 5.18. The van der Waals surface area contributed by atoms with E-state index >= 15 is 0 Å². The molecule has 0 unspecified atom stereocenters. The monoisotopic (exact) mass is 420 g/mol. The van der Waals surface area contributed by atoms with E-state index in [0.29, 0.717) is 6.04 Å². The minimum absolute atomic E-state index is 0. The van der Waals surface area contributed by atoms with E-state index in [2.05, 4.69) is 29.5 Å². The van der Waals surface area contributed by atoms with Crippen LogP contribution in [-0.4, -0.2) is 30.5 Å². The van der Waals surface area contributed by atoms with Crippen LogP contribution in [0.15, 0.2) is 29.3 Å². The van der Waals surface area contributed by atoms with Crippen LogP contribution in [0.3, 0.4) is 0 Å². The van der Waals surface area contributed by atoms with Crippen molar-refractivity contribution >= 4 is 35.6 Å². The van der Waals surface area contributed by atoms with Gasteiger partial charge in [-0.1, -0.05) is 12.1 Å². The van der Waals surface area contributed by atoms with E-state index < -0.39 is 0 Å². The Morgan fingerprint density at radius 3 is 2.41 bits per heavy atom. The van der Waals surface area contributed by atoms with Crippen LogP contribution in [0.5, 0.6) is 0 Å². The molecule has 0 fully saturated rings. The van der Waals surface area contributed by atoms with E-state index in [4.69, 9.17) is 0 Å². The van der Waals surface area contributed by atoms with Gasteiger partial charge in [-0.2, -0.15) is 0 Å². The standard InChI is InChI=1S/C15H24N4O2.HI/c1-12(2)18-15(16-3)17-11-5-4-6-13-7-9-14(10-8-13)19(20)21;/h7-10,12H,4-6,11H2,1-3H3,(H2,16,17,18);1H. The smallest absolute Gasteiger partial charge is 0.269 e. The zero-order valence-corrected chi connectivity index (χ0v) is 15.7. The first-order valence-corrected chi connectivity index (χ1v) is 7.23. The van der Waals surface area contributed by atoms with E-state index in [1.165, 1.54) is 0 Å². The average Bonchev–Trinajstić information content (AvgIpc) is 2.45. The Kier molecular flexibility index (Phi) is 10.5. The molecule has 0 spiro atoms. The second kappa shape index (κ2) is 11.2. The summed E-state index contributed by atoms with van der Waals surface area (Å²) in [6.45, 7) is 5.00. The van der Waals surface area contributed by atoms with Crippen LogP contribution in [0.1, 0.15) is 32.3 Å². The number of aryl methyl sites for hydroxylation is 1. The summed E-state index contributed by atoms with van der Waals surface area (Å²) in [4.78, 5) is 14.3. The number of benzene rings is 1. The molecule has 1 aromatic rings. The van der Waals surface area contributed by atoms with Gasteiger partial charge in [0, 0.05) is 31.8 Å². The average molecular weight is 420 g/mol. The summed E-state index contributed by atoms with van der Waals surface area (Å²) in [5.41, 5.74) is 1.27. The molecule has 0 amide bonds. The Hall–Kier alpha value is -1.38. The molecule has 124 valence electrons. The van der Waals surface area contributed by atoms with Gasteiger partial charge in [0.2, 0.25) is 0 Å². The summed E-state index contributed by atoms with van der Waals surface area (Å²) in [7, 11) is 1.76. The molecule has 0 heterocycles. The maximum absolute atomic E-state index is 10.6. The quantitative estimate of drug-likeness (QED) is 0.177. The van der Waals surface area contributed by atoms with Crippen molar-refractivity contribution in [1.82, 2.24) is 10.6 Å². The molecule has 0 aromatic heterocycles. The first-order chi connectivity index (χ1) is 10.0. The molecular formula is C15H25IN4O2. The fraction of sp³-hybridized carbons (Fsp3) is 0.533. The first kappa shape index (κ1) is 20.6.